The zero-order chi connectivity index (χ0) is 23.9. The highest BCUT2D eigenvalue weighted by molar-refractivity contribution is 6.39. The molecule has 172 valence electrons. The molecule has 0 fully saturated rings. The smallest absolute Gasteiger partial charge is 0.331 e. The van der Waals surface area contributed by atoms with Crippen LogP contribution in [-0.4, -0.2) is 30.2 Å². The number of rotatable bonds is 5. The molecule has 0 atom stereocenters. The van der Waals surface area contributed by atoms with Gasteiger partial charge in [-0.15, -0.1) is 0 Å². The number of anilines is 1. The Labute approximate surface area is 192 Å². The average Bonchev–Trinajstić information content (AvgIpc) is 3.33. The summed E-state index contributed by atoms with van der Waals surface area (Å²) in [5, 5.41) is 7.77. The molecule has 3 aromatic heterocycles. The molecule has 1 amide bonds. The van der Waals surface area contributed by atoms with Gasteiger partial charge in [0.15, 0.2) is 5.65 Å². The van der Waals surface area contributed by atoms with Gasteiger partial charge in [0.05, 0.1) is 27.2 Å². The van der Waals surface area contributed by atoms with Crippen molar-refractivity contribution in [2.75, 3.05) is 5.32 Å². The van der Waals surface area contributed by atoms with Gasteiger partial charge < -0.3 is 9.88 Å². The van der Waals surface area contributed by atoms with Crippen LogP contribution in [0.15, 0.2) is 42.9 Å². The Bertz CT molecular complexity index is 1320. The Kier molecular flexibility index (Phi) is 5.87. The monoisotopic (exact) mass is 476 g/mol. The Morgan fingerprint density at radius 2 is 1.88 bits per heavy atom. The van der Waals surface area contributed by atoms with Crippen molar-refractivity contribution in [3.63, 3.8) is 0 Å². The Balaban J connectivity index is 1.62. The Morgan fingerprint density at radius 1 is 1.18 bits per heavy atom. The lowest BCUT2D eigenvalue weighted by molar-refractivity contribution is -0.137. The summed E-state index contributed by atoms with van der Waals surface area (Å²) in [6, 6.07) is 4.38. The lowest BCUT2D eigenvalue weighted by atomic mass is 10.1. The Hall–Kier alpha value is -3.40. The van der Waals surface area contributed by atoms with E-state index in [1.165, 1.54) is 18.3 Å². The number of pyridine rings is 1. The predicted molar refractivity (Wildman–Crippen MR) is 118 cm³/mol. The fourth-order valence-corrected chi connectivity index (χ4v) is 3.91. The fraction of sp³-hybridized carbons (Fsp3) is 0.273. The number of fused-ring (bicyclic) bond motifs is 1. The minimum atomic E-state index is -4.45. The van der Waals surface area contributed by atoms with Gasteiger partial charge in [-0.1, -0.05) is 11.6 Å². The molecular weight excluding hydrogens is 457 g/mol. The number of imidazole rings is 1. The van der Waals surface area contributed by atoms with Crippen molar-refractivity contribution < 1.29 is 18.0 Å². The van der Waals surface area contributed by atoms with Crippen LogP contribution < -0.4 is 5.32 Å². The van der Waals surface area contributed by atoms with Gasteiger partial charge in [0, 0.05) is 30.3 Å². The highest BCUT2D eigenvalue weighted by atomic mass is 35.5. The number of aromatic nitrogens is 5. The van der Waals surface area contributed by atoms with Crippen molar-refractivity contribution in [1.82, 2.24) is 24.3 Å². The molecule has 1 N–H and O–H groups in total. The van der Waals surface area contributed by atoms with E-state index in [1.54, 1.807) is 17.8 Å². The van der Waals surface area contributed by atoms with E-state index in [-0.39, 0.29) is 22.3 Å². The lowest BCUT2D eigenvalue weighted by Crippen LogP contribution is -2.14. The SMILES string of the molecule is Cc1nn(Cc2nccn2C(C)C)c2ncc(C(=O)Nc3ccc(C(F)(F)F)cc3)c(Cl)c12. The molecule has 0 radical (unpaired) electrons. The molecule has 33 heavy (non-hydrogen) atoms. The van der Waals surface area contributed by atoms with Gasteiger partial charge in [0.25, 0.3) is 5.91 Å². The minimum Gasteiger partial charge on any atom is -0.331 e. The van der Waals surface area contributed by atoms with Gasteiger partial charge in [-0.05, 0) is 45.0 Å². The topological polar surface area (TPSA) is 77.6 Å². The maximum Gasteiger partial charge on any atom is 0.416 e. The molecule has 0 aliphatic heterocycles. The maximum absolute atomic E-state index is 12.8. The highest BCUT2D eigenvalue weighted by Crippen LogP contribution is 2.31. The van der Waals surface area contributed by atoms with Crippen LogP contribution in [0.5, 0.6) is 0 Å². The van der Waals surface area contributed by atoms with E-state index in [0.29, 0.717) is 23.3 Å². The normalized spacial score (nSPS) is 12.0. The molecule has 0 saturated heterocycles. The van der Waals surface area contributed by atoms with Gasteiger partial charge in [0.1, 0.15) is 12.4 Å². The first-order valence-electron chi connectivity index (χ1n) is 10.1. The van der Waals surface area contributed by atoms with Crippen LogP contribution in [0, 0.1) is 6.92 Å². The number of carbonyl (C=O) groups excluding carboxylic acids is 1. The number of hydrogen-bond donors (Lipinski definition) is 1. The van der Waals surface area contributed by atoms with E-state index in [2.05, 4.69) is 20.4 Å². The van der Waals surface area contributed by atoms with Crippen LogP contribution >= 0.6 is 11.6 Å². The van der Waals surface area contributed by atoms with Crippen LogP contribution in [0.4, 0.5) is 18.9 Å². The highest BCUT2D eigenvalue weighted by Gasteiger charge is 2.30. The molecule has 0 aliphatic rings. The van der Waals surface area contributed by atoms with E-state index in [9.17, 15) is 18.0 Å². The first-order valence-corrected chi connectivity index (χ1v) is 10.5. The number of nitrogens with one attached hydrogen (secondary N) is 1. The number of benzene rings is 1. The van der Waals surface area contributed by atoms with Crippen LogP contribution in [0.3, 0.4) is 0 Å². The summed E-state index contributed by atoms with van der Waals surface area (Å²) in [7, 11) is 0. The predicted octanol–water partition coefficient (Wildman–Crippen LogP) is 5.49. The molecule has 0 bridgehead atoms. The molecular formula is C22H20ClF3N6O. The molecule has 0 saturated carbocycles. The van der Waals surface area contributed by atoms with Crippen molar-refractivity contribution in [2.24, 2.45) is 0 Å². The number of carbonyl (C=O) groups is 1. The second kappa shape index (κ2) is 8.51. The van der Waals surface area contributed by atoms with Crippen molar-refractivity contribution in [3.8, 4) is 0 Å². The summed E-state index contributed by atoms with van der Waals surface area (Å²) in [6.07, 6.45) is 0.488. The summed E-state index contributed by atoms with van der Waals surface area (Å²) in [6.45, 7) is 6.23. The first kappa shape index (κ1) is 22.8. The molecule has 0 unspecified atom stereocenters. The van der Waals surface area contributed by atoms with Crippen molar-refractivity contribution >= 4 is 34.2 Å². The fourth-order valence-electron chi connectivity index (χ4n) is 3.55. The molecule has 3 heterocycles. The third-order valence-corrected chi connectivity index (χ3v) is 5.58. The minimum absolute atomic E-state index is 0.0930. The van der Waals surface area contributed by atoms with E-state index in [4.69, 9.17) is 11.6 Å². The zero-order valence-electron chi connectivity index (χ0n) is 18.0. The first-order chi connectivity index (χ1) is 15.6. The third kappa shape index (κ3) is 4.43. The summed E-state index contributed by atoms with van der Waals surface area (Å²) in [5.41, 5.74) is 0.589. The molecule has 4 rings (SSSR count). The summed E-state index contributed by atoms with van der Waals surface area (Å²) >= 11 is 6.55. The van der Waals surface area contributed by atoms with Crippen LogP contribution in [0.1, 0.15) is 47.3 Å². The second-order valence-corrected chi connectivity index (χ2v) is 8.18. The quantitative estimate of drug-likeness (QED) is 0.413. The molecule has 1 aromatic carbocycles. The lowest BCUT2D eigenvalue weighted by Gasteiger charge is -2.12. The van der Waals surface area contributed by atoms with Gasteiger partial charge >= 0.3 is 6.18 Å². The number of nitrogens with zero attached hydrogens (tertiary/aromatic N) is 5. The summed E-state index contributed by atoms with van der Waals surface area (Å²) in [4.78, 5) is 21.5. The van der Waals surface area contributed by atoms with E-state index >= 15 is 0 Å². The molecule has 0 aliphatic carbocycles. The number of aryl methyl sites for hydroxylation is 1. The van der Waals surface area contributed by atoms with Crippen molar-refractivity contribution in [3.05, 3.63) is 70.5 Å². The van der Waals surface area contributed by atoms with E-state index in [1.807, 2.05) is 24.6 Å². The standard InChI is InChI=1S/C22H20ClF3N6O/c1-12(2)31-9-8-27-17(31)11-32-20-18(13(3)30-32)19(23)16(10-28-20)21(33)29-15-6-4-14(5-7-15)22(24,25)26/h4-10,12H,11H2,1-3H3,(H,29,33). The molecule has 7 nitrogen and oxygen atoms in total. The average molecular weight is 477 g/mol. The number of alkyl halides is 3. The third-order valence-electron chi connectivity index (χ3n) is 5.18. The molecule has 11 heteroatoms. The number of amides is 1. The van der Waals surface area contributed by atoms with Crippen LogP contribution in [0.2, 0.25) is 5.02 Å². The van der Waals surface area contributed by atoms with Gasteiger partial charge in [0.2, 0.25) is 0 Å². The summed E-state index contributed by atoms with van der Waals surface area (Å²) < 4.78 is 41.9. The second-order valence-electron chi connectivity index (χ2n) is 7.80. The van der Waals surface area contributed by atoms with Crippen LogP contribution in [0.25, 0.3) is 11.0 Å². The van der Waals surface area contributed by atoms with E-state index in [0.717, 1.165) is 18.0 Å². The molecule has 0 spiro atoms. The van der Waals surface area contributed by atoms with Gasteiger partial charge in [-0.3, -0.25) is 4.79 Å². The van der Waals surface area contributed by atoms with Crippen molar-refractivity contribution in [1.29, 1.82) is 0 Å². The zero-order valence-corrected chi connectivity index (χ0v) is 18.7. The maximum atomic E-state index is 12.8. The Morgan fingerprint density at radius 3 is 2.52 bits per heavy atom. The van der Waals surface area contributed by atoms with E-state index < -0.39 is 17.6 Å². The van der Waals surface area contributed by atoms with Crippen molar-refractivity contribution in [2.45, 2.75) is 39.5 Å². The number of hydrogen-bond acceptors (Lipinski definition) is 4. The largest absolute Gasteiger partial charge is 0.416 e. The van der Waals surface area contributed by atoms with Gasteiger partial charge in [-0.25, -0.2) is 14.6 Å². The number of halogens is 4. The summed E-state index contributed by atoms with van der Waals surface area (Å²) in [5.74, 6) is 0.216. The van der Waals surface area contributed by atoms with Crippen LogP contribution in [-0.2, 0) is 12.7 Å². The van der Waals surface area contributed by atoms with Gasteiger partial charge in [-0.2, -0.15) is 18.3 Å². The molecule has 4 aromatic rings.